The first kappa shape index (κ1) is 28.2. The highest BCUT2D eigenvalue weighted by Crippen LogP contribution is 2.22. The first-order valence-electron chi connectivity index (χ1n) is 13.0. The molecule has 210 valence electrons. The lowest BCUT2D eigenvalue weighted by atomic mass is 10.0. The van der Waals surface area contributed by atoms with Crippen LogP contribution < -0.4 is 26.4 Å². The molecule has 0 saturated carbocycles. The Bertz CT molecular complexity index is 1430. The second-order valence-corrected chi connectivity index (χ2v) is 10.0. The largest absolute Gasteiger partial charge is 0.497 e. The van der Waals surface area contributed by atoms with E-state index in [2.05, 4.69) is 20.9 Å². The third-order valence-electron chi connectivity index (χ3n) is 6.74. The number of H-pyrrole nitrogens is 1. The highest BCUT2D eigenvalue weighted by atomic mass is 16.5. The molecule has 1 aromatic heterocycles. The molecule has 4 rings (SSSR count). The number of nitrogens with one attached hydrogen (secondary N) is 4. The zero-order valence-electron chi connectivity index (χ0n) is 22.7. The number of benzene rings is 2. The molecule has 11 heteroatoms. The number of primary amides is 1. The molecular weight excluding hydrogens is 512 g/mol. The molecule has 1 aliphatic rings. The van der Waals surface area contributed by atoms with Crippen molar-refractivity contribution in [2.24, 2.45) is 5.73 Å². The number of nitrogens with zero attached hydrogens (tertiary/aromatic N) is 1. The molecule has 3 aromatic rings. The van der Waals surface area contributed by atoms with E-state index in [0.29, 0.717) is 11.4 Å². The van der Waals surface area contributed by atoms with Gasteiger partial charge in [-0.25, -0.2) is 4.79 Å². The molecule has 11 nitrogen and oxygen atoms in total. The van der Waals surface area contributed by atoms with Crippen LogP contribution in [0.4, 0.5) is 10.5 Å². The van der Waals surface area contributed by atoms with Gasteiger partial charge in [-0.05, 0) is 56.2 Å². The zero-order chi connectivity index (χ0) is 28.8. The maximum Gasteiger partial charge on any atom is 0.319 e. The van der Waals surface area contributed by atoms with Crippen LogP contribution in [-0.2, 0) is 20.8 Å². The molecular formula is C29H34N6O5. The lowest BCUT2D eigenvalue weighted by Gasteiger charge is -2.25. The predicted octanol–water partition coefficient (Wildman–Crippen LogP) is 2.45. The van der Waals surface area contributed by atoms with E-state index in [9.17, 15) is 19.2 Å². The van der Waals surface area contributed by atoms with Gasteiger partial charge in [0.25, 0.3) is 0 Å². The second kappa shape index (κ2) is 12.4. The van der Waals surface area contributed by atoms with Gasteiger partial charge in [0.15, 0.2) is 0 Å². The summed E-state index contributed by atoms with van der Waals surface area (Å²) in [4.78, 5) is 56.0. The summed E-state index contributed by atoms with van der Waals surface area (Å²) in [5, 5.41) is 9.25. The number of methoxy groups -OCH3 is 1. The van der Waals surface area contributed by atoms with Crippen molar-refractivity contribution < 1.29 is 23.9 Å². The highest BCUT2D eigenvalue weighted by molar-refractivity contribution is 5.96. The SMILES string of the molecule is COc1ccc(NC(=O)N[C@H]2C[C@@H](C(=O)N[C@H](Cc3c[nH]c4ccccc34)C(N)=O)N(C(=O)C=C(C)C)C2)cc1. The van der Waals surface area contributed by atoms with Crippen molar-refractivity contribution in [3.8, 4) is 5.75 Å². The average molecular weight is 547 g/mol. The maximum absolute atomic E-state index is 13.5. The Hall–Kier alpha value is -4.80. The lowest BCUT2D eigenvalue weighted by molar-refractivity contribution is -0.136. The number of para-hydroxylation sites is 1. The van der Waals surface area contributed by atoms with Gasteiger partial charge < -0.3 is 36.3 Å². The Balaban J connectivity index is 1.46. The van der Waals surface area contributed by atoms with Crippen LogP contribution in [-0.4, -0.2) is 65.4 Å². The fourth-order valence-corrected chi connectivity index (χ4v) is 4.80. The molecule has 40 heavy (non-hydrogen) atoms. The number of carbonyl (C=O) groups is 4. The van der Waals surface area contributed by atoms with Gasteiger partial charge in [0.05, 0.1) is 13.2 Å². The van der Waals surface area contributed by atoms with E-state index in [1.54, 1.807) is 51.4 Å². The first-order chi connectivity index (χ1) is 19.1. The summed E-state index contributed by atoms with van der Waals surface area (Å²) in [6.07, 6.45) is 3.58. The Morgan fingerprint density at radius 3 is 2.52 bits per heavy atom. The molecule has 6 N–H and O–H groups in total. The molecule has 0 unspecified atom stereocenters. The number of amides is 5. The minimum absolute atomic E-state index is 0.125. The quantitative estimate of drug-likeness (QED) is 0.260. The normalized spacial score (nSPS) is 17.1. The zero-order valence-corrected chi connectivity index (χ0v) is 22.7. The molecule has 1 aliphatic heterocycles. The van der Waals surface area contributed by atoms with Crippen molar-refractivity contribution in [2.45, 2.75) is 44.8 Å². The topological polar surface area (TPSA) is 159 Å². The van der Waals surface area contributed by atoms with Crippen molar-refractivity contribution in [2.75, 3.05) is 19.0 Å². The van der Waals surface area contributed by atoms with Crippen molar-refractivity contribution in [3.63, 3.8) is 0 Å². The number of carbonyl (C=O) groups excluding carboxylic acids is 4. The average Bonchev–Trinajstić information content (AvgIpc) is 3.52. The van der Waals surface area contributed by atoms with Gasteiger partial charge in [-0.15, -0.1) is 0 Å². The molecule has 1 saturated heterocycles. The summed E-state index contributed by atoms with van der Waals surface area (Å²) in [5.41, 5.74) is 8.73. The number of nitrogens with two attached hydrogens (primary N) is 1. The van der Waals surface area contributed by atoms with Gasteiger partial charge in [-0.2, -0.15) is 0 Å². The van der Waals surface area contributed by atoms with Gasteiger partial charge in [-0.3, -0.25) is 14.4 Å². The van der Waals surface area contributed by atoms with Crippen molar-refractivity contribution in [1.82, 2.24) is 20.5 Å². The van der Waals surface area contributed by atoms with E-state index in [4.69, 9.17) is 10.5 Å². The number of hydrogen-bond acceptors (Lipinski definition) is 5. The Morgan fingerprint density at radius 2 is 1.85 bits per heavy atom. The van der Waals surface area contributed by atoms with E-state index < -0.39 is 36.0 Å². The highest BCUT2D eigenvalue weighted by Gasteiger charge is 2.40. The Labute approximate surface area is 232 Å². The van der Waals surface area contributed by atoms with E-state index in [1.165, 1.54) is 11.0 Å². The van der Waals surface area contributed by atoms with Crippen LogP contribution in [0.2, 0.25) is 0 Å². The number of allylic oxidation sites excluding steroid dienone is 1. The number of aromatic amines is 1. The molecule has 2 aromatic carbocycles. The molecule has 0 radical (unpaired) electrons. The number of ether oxygens (including phenoxy) is 1. The number of urea groups is 1. The van der Waals surface area contributed by atoms with E-state index in [0.717, 1.165) is 22.0 Å². The fourth-order valence-electron chi connectivity index (χ4n) is 4.80. The van der Waals surface area contributed by atoms with Crippen LogP contribution in [0.15, 0.2) is 66.4 Å². The lowest BCUT2D eigenvalue weighted by Crippen LogP contribution is -2.52. The summed E-state index contributed by atoms with van der Waals surface area (Å²) >= 11 is 0. The van der Waals surface area contributed by atoms with Crippen LogP contribution in [0.1, 0.15) is 25.8 Å². The van der Waals surface area contributed by atoms with Gasteiger partial charge in [0.1, 0.15) is 17.8 Å². The summed E-state index contributed by atoms with van der Waals surface area (Å²) in [6.45, 7) is 3.69. The number of likely N-dealkylation sites (tertiary alicyclic amines) is 1. The number of anilines is 1. The summed E-state index contributed by atoms with van der Waals surface area (Å²) in [6, 6.07) is 11.6. The minimum atomic E-state index is -0.988. The van der Waals surface area contributed by atoms with Crippen LogP contribution in [0, 0.1) is 0 Å². The minimum Gasteiger partial charge on any atom is -0.497 e. The fraction of sp³-hybridized carbons (Fsp3) is 0.310. The predicted molar refractivity (Wildman–Crippen MR) is 152 cm³/mol. The number of rotatable bonds is 9. The van der Waals surface area contributed by atoms with Crippen LogP contribution >= 0.6 is 0 Å². The summed E-state index contributed by atoms with van der Waals surface area (Å²) in [5.74, 6) is -0.901. The molecule has 5 amide bonds. The molecule has 2 heterocycles. The third-order valence-corrected chi connectivity index (χ3v) is 6.74. The standard InChI is InChI=1S/C29H34N6O5/c1-17(2)12-26(36)35-16-20(33-29(39)32-19-8-10-21(40-3)11-9-19)14-25(35)28(38)34-24(27(30)37)13-18-15-31-23-7-5-4-6-22(18)23/h4-12,15,20,24-25,31H,13-14,16H2,1-3H3,(H2,30,37)(H,34,38)(H2,32,33,39)/t20-,24+,25-/m0/s1. The molecule has 1 fully saturated rings. The van der Waals surface area contributed by atoms with Crippen molar-refractivity contribution >= 4 is 40.3 Å². The second-order valence-electron chi connectivity index (χ2n) is 10.0. The summed E-state index contributed by atoms with van der Waals surface area (Å²) < 4.78 is 5.13. The van der Waals surface area contributed by atoms with Crippen LogP contribution in [0.3, 0.4) is 0 Å². The van der Waals surface area contributed by atoms with Gasteiger partial charge in [0, 0.05) is 41.8 Å². The number of fused-ring (bicyclic) bond motifs is 1. The smallest absolute Gasteiger partial charge is 0.319 e. The number of aromatic nitrogens is 1. The molecule has 0 aliphatic carbocycles. The molecule has 0 spiro atoms. The summed E-state index contributed by atoms with van der Waals surface area (Å²) in [7, 11) is 1.55. The molecule has 3 atom stereocenters. The maximum atomic E-state index is 13.5. The first-order valence-corrected chi connectivity index (χ1v) is 13.0. The molecule has 0 bridgehead atoms. The van der Waals surface area contributed by atoms with E-state index in [1.807, 2.05) is 24.3 Å². The monoisotopic (exact) mass is 546 g/mol. The van der Waals surface area contributed by atoms with E-state index in [-0.39, 0.29) is 25.3 Å². The van der Waals surface area contributed by atoms with Crippen LogP contribution in [0.5, 0.6) is 5.75 Å². The van der Waals surface area contributed by atoms with E-state index >= 15 is 0 Å². The van der Waals surface area contributed by atoms with Crippen molar-refractivity contribution in [3.05, 3.63) is 71.9 Å². The number of hydrogen-bond donors (Lipinski definition) is 5. The van der Waals surface area contributed by atoms with Crippen molar-refractivity contribution in [1.29, 1.82) is 0 Å². The third kappa shape index (κ3) is 6.79. The van der Waals surface area contributed by atoms with Gasteiger partial charge in [0.2, 0.25) is 17.7 Å². The van der Waals surface area contributed by atoms with Gasteiger partial charge in [-0.1, -0.05) is 23.8 Å². The van der Waals surface area contributed by atoms with Crippen LogP contribution in [0.25, 0.3) is 10.9 Å². The Morgan fingerprint density at radius 1 is 1.12 bits per heavy atom. The van der Waals surface area contributed by atoms with Gasteiger partial charge >= 0.3 is 6.03 Å². The Kier molecular flexibility index (Phi) is 8.73.